The van der Waals surface area contributed by atoms with E-state index in [0.717, 1.165) is 12.8 Å². The lowest BCUT2D eigenvalue weighted by molar-refractivity contribution is -0.118. The first-order chi connectivity index (χ1) is 7.58. The molecule has 1 aliphatic carbocycles. The average Bonchev–Trinajstić information content (AvgIpc) is 2.96. The van der Waals surface area contributed by atoms with E-state index in [0.29, 0.717) is 13.2 Å². The lowest BCUT2D eigenvalue weighted by atomic mass is 10.1. The molecule has 5 nitrogen and oxygen atoms in total. The molecule has 0 aromatic heterocycles. The van der Waals surface area contributed by atoms with Gasteiger partial charge >= 0.3 is 0 Å². The highest BCUT2D eigenvalue weighted by Crippen LogP contribution is 2.44. The topological polar surface area (TPSA) is 81.4 Å². The summed E-state index contributed by atoms with van der Waals surface area (Å²) in [5, 5.41) is 2.85. The van der Waals surface area contributed by atoms with Crippen molar-refractivity contribution in [3.8, 4) is 0 Å². The minimum absolute atomic E-state index is 0.0476. The molecule has 6 heteroatoms. The summed E-state index contributed by atoms with van der Waals surface area (Å²) >= 11 is 1.24. The molecule has 0 radical (unpaired) electrons. The van der Waals surface area contributed by atoms with Gasteiger partial charge in [0.2, 0.25) is 11.8 Å². The highest BCUT2D eigenvalue weighted by atomic mass is 32.2. The lowest BCUT2D eigenvalue weighted by Crippen LogP contribution is -2.33. The van der Waals surface area contributed by atoms with Crippen LogP contribution in [-0.2, 0) is 14.3 Å². The van der Waals surface area contributed by atoms with Crippen LogP contribution in [-0.4, -0.2) is 43.6 Å². The number of nitrogens with two attached hydrogens (primary N) is 1. The van der Waals surface area contributed by atoms with E-state index in [1.165, 1.54) is 11.8 Å². The first-order valence-electron chi connectivity index (χ1n) is 5.20. The maximum absolute atomic E-state index is 11.4. The van der Waals surface area contributed by atoms with Gasteiger partial charge in [0.25, 0.3) is 0 Å². The molecule has 2 amide bonds. The van der Waals surface area contributed by atoms with Gasteiger partial charge in [-0.2, -0.15) is 0 Å². The molecule has 0 aromatic rings. The zero-order valence-electron chi connectivity index (χ0n) is 9.45. The Kier molecular flexibility index (Phi) is 5.08. The van der Waals surface area contributed by atoms with Gasteiger partial charge < -0.3 is 15.8 Å². The van der Waals surface area contributed by atoms with Crippen molar-refractivity contribution in [2.75, 3.05) is 31.8 Å². The molecule has 16 heavy (non-hydrogen) atoms. The summed E-state index contributed by atoms with van der Waals surface area (Å²) in [5.41, 5.74) is 5.13. The summed E-state index contributed by atoms with van der Waals surface area (Å²) in [5.74, 6) is 0.0345. The van der Waals surface area contributed by atoms with Gasteiger partial charge in [-0.1, -0.05) is 0 Å². The van der Waals surface area contributed by atoms with Crippen LogP contribution in [0.3, 0.4) is 0 Å². The van der Waals surface area contributed by atoms with Crippen molar-refractivity contribution in [3.05, 3.63) is 0 Å². The van der Waals surface area contributed by atoms with Crippen LogP contribution in [0.1, 0.15) is 12.8 Å². The van der Waals surface area contributed by atoms with Crippen LogP contribution in [0.25, 0.3) is 0 Å². The van der Waals surface area contributed by atoms with E-state index in [9.17, 15) is 9.59 Å². The number of hydrogen-bond donors (Lipinski definition) is 2. The summed E-state index contributed by atoms with van der Waals surface area (Å²) < 4.78 is 5.10. The highest BCUT2D eigenvalue weighted by Gasteiger charge is 2.42. The number of amides is 2. The van der Waals surface area contributed by atoms with Crippen molar-refractivity contribution in [3.63, 3.8) is 0 Å². The van der Waals surface area contributed by atoms with Gasteiger partial charge in [0, 0.05) is 19.1 Å². The van der Waals surface area contributed by atoms with Gasteiger partial charge in [0.15, 0.2) is 0 Å². The number of nitrogens with one attached hydrogen (secondary N) is 1. The van der Waals surface area contributed by atoms with Crippen LogP contribution in [0.2, 0.25) is 0 Å². The van der Waals surface area contributed by atoms with Crippen molar-refractivity contribution in [2.24, 2.45) is 11.1 Å². The van der Waals surface area contributed by atoms with Gasteiger partial charge in [0.1, 0.15) is 0 Å². The van der Waals surface area contributed by atoms with E-state index in [4.69, 9.17) is 10.5 Å². The number of carbonyl (C=O) groups is 2. The van der Waals surface area contributed by atoms with Gasteiger partial charge in [-0.3, -0.25) is 9.59 Å². The Morgan fingerprint density at radius 1 is 1.44 bits per heavy atom. The Morgan fingerprint density at radius 2 is 2.12 bits per heavy atom. The monoisotopic (exact) mass is 246 g/mol. The van der Waals surface area contributed by atoms with Gasteiger partial charge in [-0.15, -0.1) is 11.8 Å². The molecule has 0 spiro atoms. The van der Waals surface area contributed by atoms with E-state index < -0.39 is 5.91 Å². The maximum Gasteiger partial charge on any atom is 0.230 e. The Labute approximate surface area is 99.5 Å². The Balaban J connectivity index is 2.08. The number of carbonyl (C=O) groups excluding carboxylic acids is 2. The molecule has 92 valence electrons. The molecule has 0 atom stereocenters. The number of hydrogen-bond acceptors (Lipinski definition) is 4. The molecule has 1 saturated carbocycles. The Bertz CT molecular complexity index is 267. The molecule has 0 unspecified atom stereocenters. The largest absolute Gasteiger partial charge is 0.384 e. The average molecular weight is 246 g/mol. The number of methoxy groups -OCH3 is 1. The summed E-state index contributed by atoms with van der Waals surface area (Å²) in [6, 6.07) is 0. The van der Waals surface area contributed by atoms with Crippen LogP contribution in [0.15, 0.2) is 0 Å². The standard InChI is InChI=1S/C10H18N2O3S/c1-15-7-10(2-3-10)6-12-9(14)5-16-4-8(11)13/h2-7H2,1H3,(H2,11,13)(H,12,14). The Hall–Kier alpha value is -0.750. The van der Waals surface area contributed by atoms with Crippen molar-refractivity contribution < 1.29 is 14.3 Å². The zero-order valence-corrected chi connectivity index (χ0v) is 10.3. The summed E-state index contributed by atoms with van der Waals surface area (Å²) in [6.45, 7) is 1.36. The summed E-state index contributed by atoms with van der Waals surface area (Å²) in [4.78, 5) is 21.8. The molecule has 0 aromatic carbocycles. The van der Waals surface area contributed by atoms with Crippen LogP contribution >= 0.6 is 11.8 Å². The van der Waals surface area contributed by atoms with Gasteiger partial charge in [-0.25, -0.2) is 0 Å². The first-order valence-corrected chi connectivity index (χ1v) is 6.35. The summed E-state index contributed by atoms with van der Waals surface area (Å²) in [6.07, 6.45) is 2.21. The van der Waals surface area contributed by atoms with E-state index in [2.05, 4.69) is 5.32 Å². The van der Waals surface area contributed by atoms with Gasteiger partial charge in [0.05, 0.1) is 18.1 Å². The van der Waals surface area contributed by atoms with Crippen LogP contribution in [0.4, 0.5) is 0 Å². The number of rotatable bonds is 8. The van der Waals surface area contributed by atoms with Crippen LogP contribution in [0.5, 0.6) is 0 Å². The van der Waals surface area contributed by atoms with Crippen molar-refractivity contribution in [2.45, 2.75) is 12.8 Å². The van der Waals surface area contributed by atoms with Crippen LogP contribution < -0.4 is 11.1 Å². The zero-order chi connectivity index (χ0) is 12.0. The molecule has 0 bridgehead atoms. The molecule has 1 aliphatic rings. The first kappa shape index (κ1) is 13.3. The van der Waals surface area contributed by atoms with E-state index >= 15 is 0 Å². The molecular formula is C10H18N2O3S. The molecule has 1 rings (SSSR count). The molecule has 1 fully saturated rings. The quantitative estimate of drug-likeness (QED) is 0.618. The SMILES string of the molecule is COCC1(CNC(=O)CSCC(N)=O)CC1. The lowest BCUT2D eigenvalue weighted by Gasteiger charge is -2.14. The third-order valence-electron chi connectivity index (χ3n) is 2.55. The minimum Gasteiger partial charge on any atom is -0.384 e. The molecule has 3 N–H and O–H groups in total. The van der Waals surface area contributed by atoms with E-state index in [1.807, 2.05) is 0 Å². The second kappa shape index (κ2) is 6.10. The fourth-order valence-electron chi connectivity index (χ4n) is 1.44. The van der Waals surface area contributed by atoms with Crippen LogP contribution in [0, 0.1) is 5.41 Å². The number of primary amides is 1. The number of ether oxygens (including phenoxy) is 1. The van der Waals surface area contributed by atoms with Gasteiger partial charge in [-0.05, 0) is 12.8 Å². The van der Waals surface area contributed by atoms with Crippen molar-refractivity contribution >= 4 is 23.6 Å². The third-order valence-corrected chi connectivity index (χ3v) is 3.50. The fourth-order valence-corrected chi connectivity index (χ4v) is 2.03. The predicted octanol–water partition coefficient (Wildman–Crippen LogP) is -0.252. The number of thioether (sulfide) groups is 1. The minimum atomic E-state index is -0.393. The summed E-state index contributed by atoms with van der Waals surface area (Å²) in [7, 11) is 1.67. The Morgan fingerprint density at radius 3 is 2.62 bits per heavy atom. The molecule has 0 saturated heterocycles. The maximum atomic E-state index is 11.4. The van der Waals surface area contributed by atoms with E-state index in [1.54, 1.807) is 7.11 Å². The third kappa shape index (κ3) is 4.85. The fraction of sp³-hybridized carbons (Fsp3) is 0.800. The normalized spacial score (nSPS) is 16.8. The molecule has 0 heterocycles. The van der Waals surface area contributed by atoms with E-state index in [-0.39, 0.29) is 22.8 Å². The van der Waals surface area contributed by atoms with Crippen molar-refractivity contribution in [1.82, 2.24) is 5.32 Å². The second-order valence-electron chi connectivity index (χ2n) is 4.17. The second-order valence-corrected chi connectivity index (χ2v) is 5.15. The predicted molar refractivity (Wildman–Crippen MR) is 63.1 cm³/mol. The molecular weight excluding hydrogens is 228 g/mol. The smallest absolute Gasteiger partial charge is 0.230 e. The van der Waals surface area contributed by atoms with Crippen molar-refractivity contribution in [1.29, 1.82) is 0 Å². The molecule has 0 aliphatic heterocycles. The highest BCUT2D eigenvalue weighted by molar-refractivity contribution is 8.00.